The normalized spacial score (nSPS) is 14.4. The van der Waals surface area contributed by atoms with Crippen LogP contribution >= 0.6 is 0 Å². The molecular weight excluding hydrogens is 284 g/mol. The monoisotopic (exact) mass is 300 g/mol. The molecule has 0 atom stereocenters. The van der Waals surface area contributed by atoms with Crippen LogP contribution in [0.5, 0.6) is 0 Å². The summed E-state index contributed by atoms with van der Waals surface area (Å²) < 4.78 is 0.910. The number of imidazole rings is 1. The molecule has 1 heterocycles. The van der Waals surface area contributed by atoms with Gasteiger partial charge in [0, 0.05) is 17.2 Å². The molecule has 7 heteroatoms. The van der Waals surface area contributed by atoms with E-state index in [0.29, 0.717) is 16.9 Å². The lowest BCUT2D eigenvalue weighted by atomic mass is 9.85. The second kappa shape index (κ2) is 5.51. The number of hydrogen-bond acceptors (Lipinski definition) is 4. The van der Waals surface area contributed by atoms with Crippen molar-refractivity contribution in [1.82, 2.24) is 9.55 Å². The molecule has 0 saturated heterocycles. The van der Waals surface area contributed by atoms with E-state index in [1.165, 1.54) is 6.20 Å². The molecule has 1 aliphatic rings. The Labute approximate surface area is 126 Å². The van der Waals surface area contributed by atoms with Gasteiger partial charge < -0.3 is 16.2 Å². The summed E-state index contributed by atoms with van der Waals surface area (Å²) in [5.41, 5.74) is 7.18. The molecule has 3 rings (SSSR count). The smallest absolute Gasteiger partial charge is 0.418 e. The van der Waals surface area contributed by atoms with Gasteiger partial charge in [0.25, 0.3) is 0 Å². The van der Waals surface area contributed by atoms with Crippen LogP contribution in [0, 0.1) is 5.92 Å². The van der Waals surface area contributed by atoms with Crippen LogP contribution < -0.4 is 11.1 Å². The highest BCUT2D eigenvalue weighted by atomic mass is 16.4. The minimum absolute atomic E-state index is 0.00894. The van der Waals surface area contributed by atoms with E-state index < -0.39 is 6.09 Å². The zero-order chi connectivity index (χ0) is 15.7. The number of nitrogen functional groups attached to an aromatic ring is 1. The van der Waals surface area contributed by atoms with Gasteiger partial charge in [-0.25, -0.2) is 14.3 Å². The Morgan fingerprint density at radius 1 is 1.36 bits per heavy atom. The number of nitrogens with zero attached hydrogens (tertiary/aromatic N) is 2. The number of amides is 1. The van der Waals surface area contributed by atoms with E-state index in [-0.39, 0.29) is 17.8 Å². The second-order valence-electron chi connectivity index (χ2n) is 5.32. The summed E-state index contributed by atoms with van der Waals surface area (Å²) in [5, 5.41) is 12.1. The molecule has 1 aliphatic carbocycles. The Balaban J connectivity index is 1.88. The van der Waals surface area contributed by atoms with Crippen molar-refractivity contribution in [3.05, 3.63) is 30.5 Å². The summed E-state index contributed by atoms with van der Waals surface area (Å²) in [5.74, 6) is 0.00455. The van der Waals surface area contributed by atoms with Crippen LogP contribution in [0.4, 0.5) is 16.4 Å². The molecule has 0 unspecified atom stereocenters. The topological polar surface area (TPSA) is 110 Å². The van der Waals surface area contributed by atoms with Crippen molar-refractivity contribution in [3.63, 3.8) is 0 Å². The number of carbonyl (C=O) groups is 2. The number of nitrogens with one attached hydrogen (secondary N) is 1. The van der Waals surface area contributed by atoms with E-state index in [2.05, 4.69) is 10.3 Å². The lowest BCUT2D eigenvalue weighted by Crippen LogP contribution is -2.28. The minimum atomic E-state index is -1.20. The van der Waals surface area contributed by atoms with Crippen molar-refractivity contribution < 1.29 is 14.7 Å². The Kier molecular flexibility index (Phi) is 3.54. The molecule has 1 amide bonds. The van der Waals surface area contributed by atoms with Crippen molar-refractivity contribution >= 4 is 23.6 Å². The number of rotatable bonds is 3. The number of aromatic nitrogens is 2. The van der Waals surface area contributed by atoms with E-state index in [4.69, 9.17) is 5.73 Å². The molecule has 4 N–H and O–H groups in total. The summed E-state index contributed by atoms with van der Waals surface area (Å²) in [7, 11) is 0. The minimum Gasteiger partial charge on any atom is -0.464 e. The summed E-state index contributed by atoms with van der Waals surface area (Å²) in [6.07, 6.45) is 3.14. The molecule has 1 saturated carbocycles. The van der Waals surface area contributed by atoms with Crippen molar-refractivity contribution in [3.8, 4) is 11.3 Å². The summed E-state index contributed by atoms with van der Waals surface area (Å²) in [4.78, 5) is 27.1. The molecule has 1 aromatic heterocycles. The number of benzene rings is 1. The van der Waals surface area contributed by atoms with Crippen LogP contribution in [0.25, 0.3) is 11.3 Å². The van der Waals surface area contributed by atoms with Crippen LogP contribution in [-0.2, 0) is 4.79 Å². The lowest BCUT2D eigenvalue weighted by molar-refractivity contribution is -0.122. The fourth-order valence-corrected chi connectivity index (χ4v) is 2.44. The van der Waals surface area contributed by atoms with E-state index in [1.807, 2.05) is 0 Å². The number of nitrogens with two attached hydrogens (primary N) is 1. The molecular formula is C15H16N4O3. The van der Waals surface area contributed by atoms with Gasteiger partial charge in [-0.05, 0) is 25.0 Å². The van der Waals surface area contributed by atoms with Crippen LogP contribution in [0.15, 0.2) is 30.5 Å². The maximum Gasteiger partial charge on any atom is 0.418 e. The molecule has 114 valence electrons. The molecule has 1 fully saturated rings. The molecule has 0 spiro atoms. The highest BCUT2D eigenvalue weighted by Crippen LogP contribution is 2.29. The Hall–Kier alpha value is -2.83. The van der Waals surface area contributed by atoms with Crippen molar-refractivity contribution in [2.24, 2.45) is 5.92 Å². The van der Waals surface area contributed by atoms with Crippen LogP contribution in [0.2, 0.25) is 0 Å². The van der Waals surface area contributed by atoms with Crippen LogP contribution in [0.3, 0.4) is 0 Å². The first-order chi connectivity index (χ1) is 10.6. The van der Waals surface area contributed by atoms with Gasteiger partial charge >= 0.3 is 6.09 Å². The van der Waals surface area contributed by atoms with Gasteiger partial charge in [-0.2, -0.15) is 0 Å². The Bertz CT molecular complexity index is 734. The number of carbonyl (C=O) groups excluding carboxylic acids is 1. The van der Waals surface area contributed by atoms with Crippen LogP contribution in [-0.4, -0.2) is 26.7 Å². The summed E-state index contributed by atoms with van der Waals surface area (Å²) in [6.45, 7) is 0. The highest BCUT2D eigenvalue weighted by Gasteiger charge is 2.25. The summed E-state index contributed by atoms with van der Waals surface area (Å²) in [6, 6.07) is 6.98. The molecule has 0 aliphatic heterocycles. The number of hydrogen-bond donors (Lipinski definition) is 3. The third-order valence-electron chi connectivity index (χ3n) is 3.88. The van der Waals surface area contributed by atoms with E-state index >= 15 is 0 Å². The summed E-state index contributed by atoms with van der Waals surface area (Å²) >= 11 is 0. The zero-order valence-corrected chi connectivity index (χ0v) is 11.8. The van der Waals surface area contributed by atoms with Gasteiger partial charge in [0.2, 0.25) is 11.9 Å². The van der Waals surface area contributed by atoms with E-state index in [0.717, 1.165) is 23.8 Å². The molecule has 22 heavy (non-hydrogen) atoms. The zero-order valence-electron chi connectivity index (χ0n) is 11.8. The molecule has 2 aromatic rings. The fraction of sp³-hybridized carbons (Fsp3) is 0.267. The first-order valence-corrected chi connectivity index (χ1v) is 7.04. The van der Waals surface area contributed by atoms with Gasteiger partial charge in [-0.3, -0.25) is 4.79 Å². The van der Waals surface area contributed by atoms with Gasteiger partial charge in [0.05, 0.1) is 11.9 Å². The van der Waals surface area contributed by atoms with Crippen LogP contribution in [0.1, 0.15) is 19.3 Å². The Morgan fingerprint density at radius 3 is 2.77 bits per heavy atom. The van der Waals surface area contributed by atoms with Crippen molar-refractivity contribution in [1.29, 1.82) is 0 Å². The largest absolute Gasteiger partial charge is 0.464 e. The molecule has 0 radical (unpaired) electrons. The van der Waals surface area contributed by atoms with E-state index in [1.54, 1.807) is 24.3 Å². The average Bonchev–Trinajstić information content (AvgIpc) is 2.79. The molecule has 0 bridgehead atoms. The van der Waals surface area contributed by atoms with Gasteiger partial charge in [0.1, 0.15) is 0 Å². The predicted octanol–water partition coefficient (Wildman–Crippen LogP) is 2.40. The number of anilines is 2. The SMILES string of the molecule is Nc1ncc(-c2cccc(NC(=O)C3CCC3)c2)n1C(=O)O. The maximum atomic E-state index is 12.0. The first kappa shape index (κ1) is 14.1. The Morgan fingerprint density at radius 2 is 2.14 bits per heavy atom. The predicted molar refractivity (Wildman–Crippen MR) is 81.5 cm³/mol. The third-order valence-corrected chi connectivity index (χ3v) is 3.88. The maximum absolute atomic E-state index is 12.0. The molecule has 1 aromatic carbocycles. The van der Waals surface area contributed by atoms with Crippen molar-refractivity contribution in [2.75, 3.05) is 11.1 Å². The standard InChI is InChI=1S/C15H16N4O3/c16-14-17-8-12(19(14)15(21)22)10-5-2-6-11(7-10)18-13(20)9-3-1-4-9/h2,5-9H,1,3-4H2,(H2,16,17)(H,18,20)(H,21,22). The van der Waals surface area contributed by atoms with Gasteiger partial charge in [-0.1, -0.05) is 18.6 Å². The average molecular weight is 300 g/mol. The third kappa shape index (κ3) is 2.52. The van der Waals surface area contributed by atoms with Gasteiger partial charge in [0.15, 0.2) is 0 Å². The lowest BCUT2D eigenvalue weighted by Gasteiger charge is -2.24. The fourth-order valence-electron chi connectivity index (χ4n) is 2.44. The highest BCUT2D eigenvalue weighted by molar-refractivity contribution is 5.93. The van der Waals surface area contributed by atoms with Crippen molar-refractivity contribution in [2.45, 2.75) is 19.3 Å². The quantitative estimate of drug-likeness (QED) is 0.806. The second-order valence-corrected chi connectivity index (χ2v) is 5.32. The number of carboxylic acid groups (broad SMARTS) is 1. The molecule has 7 nitrogen and oxygen atoms in total. The first-order valence-electron chi connectivity index (χ1n) is 7.04. The van der Waals surface area contributed by atoms with Gasteiger partial charge in [-0.15, -0.1) is 0 Å². The van der Waals surface area contributed by atoms with E-state index in [9.17, 15) is 14.7 Å².